The largest absolute Gasteiger partial charge is 0.355 e. The first-order chi connectivity index (χ1) is 29.4. The molecule has 0 saturated carbocycles. The lowest BCUT2D eigenvalue weighted by Gasteiger charge is -2.18. The zero-order valence-electron chi connectivity index (χ0n) is 34.9. The van der Waals surface area contributed by atoms with Gasteiger partial charge in [-0.1, -0.05) is 164 Å². The summed E-state index contributed by atoms with van der Waals surface area (Å²) in [5, 5.41) is 9.42. The Kier molecular flexibility index (Phi) is 15.4. The molecule has 300 valence electrons. The first-order valence-electron chi connectivity index (χ1n) is 20.3. The van der Waals surface area contributed by atoms with Gasteiger partial charge < -0.3 is 9.88 Å². The van der Waals surface area contributed by atoms with Crippen LogP contribution in [0, 0.1) is 6.92 Å². The molecular formula is C55H55N5. The van der Waals surface area contributed by atoms with Gasteiger partial charge in [0.15, 0.2) is 0 Å². The van der Waals surface area contributed by atoms with Crippen molar-refractivity contribution in [2.24, 2.45) is 5.84 Å². The Morgan fingerprint density at radius 3 is 1.97 bits per heavy atom. The summed E-state index contributed by atoms with van der Waals surface area (Å²) in [5.74, 6) is 5.56. The zero-order chi connectivity index (χ0) is 42.1. The smallest absolute Gasteiger partial charge is 0.0963 e. The molecule has 5 N–H and O–H groups in total. The van der Waals surface area contributed by atoms with Gasteiger partial charge in [0, 0.05) is 39.9 Å². The molecule has 0 saturated heterocycles. The number of fused-ring (bicyclic) bond motifs is 3. The predicted molar refractivity (Wildman–Crippen MR) is 259 cm³/mol. The van der Waals surface area contributed by atoms with Gasteiger partial charge in [0.05, 0.1) is 17.2 Å². The fourth-order valence-electron chi connectivity index (χ4n) is 7.08. The van der Waals surface area contributed by atoms with Gasteiger partial charge in [-0.15, -0.1) is 6.58 Å². The molecular weight excluding hydrogens is 731 g/mol. The van der Waals surface area contributed by atoms with Crippen LogP contribution in [0.1, 0.15) is 47.8 Å². The Labute approximate surface area is 355 Å². The molecule has 0 bridgehead atoms. The molecule has 0 radical (unpaired) electrons. The van der Waals surface area contributed by atoms with Crippen LogP contribution in [0.25, 0.3) is 38.6 Å². The molecule has 0 aliphatic rings. The third-order valence-corrected chi connectivity index (χ3v) is 9.95. The highest BCUT2D eigenvalue weighted by molar-refractivity contribution is 6.10. The molecule has 1 unspecified atom stereocenters. The van der Waals surface area contributed by atoms with E-state index in [1.165, 1.54) is 32.9 Å². The average molecular weight is 786 g/mol. The second-order valence-corrected chi connectivity index (χ2v) is 14.4. The lowest BCUT2D eigenvalue weighted by molar-refractivity contribution is 0.448. The number of nitrogens with zero attached hydrogens (tertiary/aromatic N) is 1. The topological polar surface area (TPSA) is 67.0 Å². The van der Waals surface area contributed by atoms with Crippen LogP contribution < -0.4 is 21.9 Å². The summed E-state index contributed by atoms with van der Waals surface area (Å²) < 4.78 is 2.35. The average Bonchev–Trinajstić information content (AvgIpc) is 3.62. The molecule has 0 fully saturated rings. The second kappa shape index (κ2) is 21.7. The Hall–Kier alpha value is -7.02. The molecule has 0 aliphatic carbocycles. The van der Waals surface area contributed by atoms with Crippen molar-refractivity contribution in [1.29, 1.82) is 0 Å². The number of anilines is 2. The Morgan fingerprint density at radius 1 is 0.683 bits per heavy atom. The van der Waals surface area contributed by atoms with E-state index in [4.69, 9.17) is 5.84 Å². The van der Waals surface area contributed by atoms with E-state index in [-0.39, 0.29) is 6.17 Å². The number of aromatic nitrogens is 1. The molecule has 0 amide bonds. The Balaban J connectivity index is 0.000000251. The van der Waals surface area contributed by atoms with E-state index < -0.39 is 0 Å². The number of benzene rings is 7. The van der Waals surface area contributed by atoms with E-state index in [0.29, 0.717) is 0 Å². The molecule has 1 aromatic heterocycles. The van der Waals surface area contributed by atoms with Gasteiger partial charge in [0.2, 0.25) is 0 Å². The fourth-order valence-corrected chi connectivity index (χ4v) is 7.08. The van der Waals surface area contributed by atoms with Crippen molar-refractivity contribution >= 4 is 44.3 Å². The van der Waals surface area contributed by atoms with Gasteiger partial charge >= 0.3 is 0 Å². The first-order valence-corrected chi connectivity index (χ1v) is 20.3. The van der Waals surface area contributed by atoms with Crippen molar-refractivity contribution < 1.29 is 0 Å². The summed E-state index contributed by atoms with van der Waals surface area (Å²) >= 11 is 0. The minimum absolute atomic E-state index is 0.0311. The highest BCUT2D eigenvalue weighted by Crippen LogP contribution is 2.35. The van der Waals surface area contributed by atoms with Gasteiger partial charge in [-0.3, -0.25) is 11.2 Å². The Morgan fingerprint density at radius 2 is 1.28 bits per heavy atom. The maximum atomic E-state index is 5.56. The number of aryl methyl sites for hydroxylation is 1. The van der Waals surface area contributed by atoms with Crippen molar-refractivity contribution in [3.8, 4) is 5.69 Å². The van der Waals surface area contributed by atoms with Crippen LogP contribution in [-0.2, 0) is 6.54 Å². The number of hydrogen-bond acceptors (Lipinski definition) is 4. The van der Waals surface area contributed by atoms with Crippen LogP contribution in [0.4, 0.5) is 11.4 Å². The van der Waals surface area contributed by atoms with E-state index in [1.54, 1.807) is 6.08 Å². The van der Waals surface area contributed by atoms with Gasteiger partial charge in [0.25, 0.3) is 0 Å². The molecule has 7 aromatic carbocycles. The SMILES string of the molecule is C=C(/C=C(\C=C/C)c1ccc2c(c1)c1ccccc1n2-c1ccccc1)c1ccccc1Nc1ccc(C)cc1.C=CC.NNC(NCc1ccccc1)c1ccccc1. The predicted octanol–water partition coefficient (Wildman–Crippen LogP) is 13.6. The number of nitrogens with two attached hydrogens (primary N) is 1. The third-order valence-electron chi connectivity index (χ3n) is 9.95. The fraction of sp³-hybridized carbons (Fsp3) is 0.0909. The number of hydrogen-bond donors (Lipinski definition) is 4. The van der Waals surface area contributed by atoms with Gasteiger partial charge in [-0.2, -0.15) is 0 Å². The van der Waals surface area contributed by atoms with Crippen LogP contribution in [-0.4, -0.2) is 4.57 Å². The number of para-hydroxylation sites is 3. The van der Waals surface area contributed by atoms with Crippen molar-refractivity contribution in [2.45, 2.75) is 33.5 Å². The van der Waals surface area contributed by atoms with Gasteiger partial charge in [-0.05, 0) is 103 Å². The summed E-state index contributed by atoms with van der Waals surface area (Å²) in [5.41, 5.74) is 16.4. The van der Waals surface area contributed by atoms with Crippen LogP contribution in [0.3, 0.4) is 0 Å². The zero-order valence-corrected chi connectivity index (χ0v) is 34.9. The van der Waals surface area contributed by atoms with Gasteiger partial charge in [-0.25, -0.2) is 5.43 Å². The second-order valence-electron chi connectivity index (χ2n) is 14.4. The number of hydrazine groups is 1. The van der Waals surface area contributed by atoms with Crippen LogP contribution in [0.5, 0.6) is 0 Å². The summed E-state index contributed by atoms with van der Waals surface area (Å²) in [4.78, 5) is 0. The quantitative estimate of drug-likeness (QED) is 0.0327. The van der Waals surface area contributed by atoms with Crippen molar-refractivity contribution in [2.75, 3.05) is 5.32 Å². The normalized spacial score (nSPS) is 11.6. The summed E-state index contributed by atoms with van der Waals surface area (Å²) in [6, 6.07) is 63.1. The van der Waals surface area contributed by atoms with Crippen molar-refractivity contribution in [3.05, 3.63) is 247 Å². The monoisotopic (exact) mass is 785 g/mol. The van der Waals surface area contributed by atoms with Crippen LogP contribution >= 0.6 is 0 Å². The molecule has 8 rings (SSSR count). The minimum atomic E-state index is -0.0311. The van der Waals surface area contributed by atoms with Gasteiger partial charge in [0.1, 0.15) is 0 Å². The lowest BCUT2D eigenvalue weighted by atomic mass is 9.97. The van der Waals surface area contributed by atoms with Crippen molar-refractivity contribution in [1.82, 2.24) is 15.3 Å². The van der Waals surface area contributed by atoms with Crippen LogP contribution in [0.2, 0.25) is 0 Å². The standard InChI is InChI=1S/C38H32N2.C14H17N3.C3H6/c1-4-12-29(25-28(3)33-15-8-10-17-36(33)39-31-22-19-27(2)20-23-31)30-21-24-38-35(26-30)34-16-9-11-18-37(34)40(38)32-13-6-5-7-14-32;15-17-14(13-9-5-2-6-10-13)16-11-12-7-3-1-4-8-12;1-3-2/h4-26,39H,3H2,1-2H3;1-10,14,16-17H,11,15H2;3H,1H2,2H3/b12-4-,29-25+;;. The van der Waals surface area contributed by atoms with Crippen molar-refractivity contribution in [3.63, 3.8) is 0 Å². The molecule has 60 heavy (non-hydrogen) atoms. The minimum Gasteiger partial charge on any atom is -0.355 e. The third kappa shape index (κ3) is 10.9. The number of allylic oxidation sites excluding steroid dienone is 6. The maximum Gasteiger partial charge on any atom is 0.0963 e. The Bertz CT molecular complexity index is 2660. The summed E-state index contributed by atoms with van der Waals surface area (Å²) in [7, 11) is 0. The van der Waals surface area contributed by atoms with E-state index >= 15 is 0 Å². The van der Waals surface area contributed by atoms with E-state index in [2.05, 4.69) is 199 Å². The summed E-state index contributed by atoms with van der Waals surface area (Å²) in [6.07, 6.45) is 8.16. The van der Waals surface area contributed by atoms with Crippen LogP contribution in [0.15, 0.2) is 219 Å². The maximum absolute atomic E-state index is 5.56. The molecule has 0 spiro atoms. The molecule has 5 nitrogen and oxygen atoms in total. The molecule has 8 aromatic rings. The summed E-state index contributed by atoms with van der Waals surface area (Å²) in [6.45, 7) is 14.7. The number of nitrogens with one attached hydrogen (secondary N) is 3. The molecule has 5 heteroatoms. The highest BCUT2D eigenvalue weighted by Gasteiger charge is 2.14. The van der Waals surface area contributed by atoms with E-state index in [0.717, 1.165) is 51.4 Å². The molecule has 1 heterocycles. The molecule has 0 aliphatic heterocycles. The lowest BCUT2D eigenvalue weighted by Crippen LogP contribution is -2.38. The van der Waals surface area contributed by atoms with E-state index in [9.17, 15) is 0 Å². The molecule has 1 atom stereocenters. The number of rotatable bonds is 12. The first kappa shape index (κ1) is 42.6. The highest BCUT2D eigenvalue weighted by atomic mass is 15.3. The van der Waals surface area contributed by atoms with E-state index in [1.807, 2.05) is 55.5 Å².